The van der Waals surface area contributed by atoms with Crippen molar-refractivity contribution in [2.24, 2.45) is 0 Å². The van der Waals surface area contributed by atoms with Gasteiger partial charge < -0.3 is 5.32 Å². The largest absolute Gasteiger partial charge is 0.324 e. The van der Waals surface area contributed by atoms with Gasteiger partial charge in [-0.1, -0.05) is 23.9 Å². The van der Waals surface area contributed by atoms with Crippen molar-refractivity contribution in [3.8, 4) is 10.7 Å². The molecule has 5 nitrogen and oxygen atoms in total. The van der Waals surface area contributed by atoms with E-state index in [1.807, 2.05) is 43.5 Å². The molecular weight excluding hydrogens is 444 g/mol. The van der Waals surface area contributed by atoms with Crippen LogP contribution in [-0.4, -0.2) is 25.9 Å². The number of carbonyl (C=O) groups excluding carboxylic acids is 1. The van der Waals surface area contributed by atoms with E-state index in [1.54, 1.807) is 11.3 Å². The smallest absolute Gasteiger partial charge is 0.237 e. The van der Waals surface area contributed by atoms with Crippen LogP contribution in [0.5, 0.6) is 0 Å². The molecule has 8 heteroatoms. The third-order valence-electron chi connectivity index (χ3n) is 4.35. The van der Waals surface area contributed by atoms with E-state index in [4.69, 9.17) is 0 Å². The van der Waals surface area contributed by atoms with Crippen LogP contribution in [0.3, 0.4) is 0 Å². The van der Waals surface area contributed by atoms with Crippen molar-refractivity contribution in [2.75, 3.05) is 5.32 Å². The minimum atomic E-state index is -0.281. The van der Waals surface area contributed by atoms with E-state index in [2.05, 4.69) is 42.1 Å². The van der Waals surface area contributed by atoms with Gasteiger partial charge in [0.15, 0.2) is 11.0 Å². The molecule has 1 aromatic carbocycles. The normalized spacial score (nSPS) is 14.9. The highest BCUT2D eigenvalue weighted by molar-refractivity contribution is 9.10. The number of thioether (sulfide) groups is 1. The molecule has 1 unspecified atom stereocenters. The second kappa shape index (κ2) is 7.77. The number of thiophene rings is 1. The van der Waals surface area contributed by atoms with Gasteiger partial charge >= 0.3 is 0 Å². The molecule has 1 aliphatic carbocycles. The Morgan fingerprint density at radius 2 is 2.19 bits per heavy atom. The number of nitrogens with one attached hydrogen (secondary N) is 1. The molecule has 0 aliphatic heterocycles. The lowest BCUT2D eigenvalue weighted by atomic mass is 10.2. The molecule has 140 valence electrons. The van der Waals surface area contributed by atoms with Crippen LogP contribution in [0.1, 0.15) is 31.4 Å². The number of hydrogen-bond donors (Lipinski definition) is 1. The summed E-state index contributed by atoms with van der Waals surface area (Å²) < 4.78 is 3.08. The third kappa shape index (κ3) is 4.12. The maximum Gasteiger partial charge on any atom is 0.237 e. The summed E-state index contributed by atoms with van der Waals surface area (Å²) >= 11 is 6.63. The summed E-state index contributed by atoms with van der Waals surface area (Å²) in [5, 5.41) is 14.4. The molecule has 2 aromatic heterocycles. The van der Waals surface area contributed by atoms with Gasteiger partial charge in [-0.2, -0.15) is 0 Å². The van der Waals surface area contributed by atoms with E-state index in [9.17, 15) is 4.79 Å². The minimum Gasteiger partial charge on any atom is -0.324 e. The van der Waals surface area contributed by atoms with Crippen LogP contribution < -0.4 is 5.32 Å². The summed E-state index contributed by atoms with van der Waals surface area (Å²) in [6.07, 6.45) is 2.28. The fourth-order valence-corrected chi connectivity index (χ4v) is 4.98. The van der Waals surface area contributed by atoms with Crippen LogP contribution in [0.2, 0.25) is 0 Å². The van der Waals surface area contributed by atoms with E-state index < -0.39 is 0 Å². The molecule has 0 spiro atoms. The van der Waals surface area contributed by atoms with Gasteiger partial charge in [-0.3, -0.25) is 9.36 Å². The number of aryl methyl sites for hydroxylation is 1. The fraction of sp³-hybridized carbons (Fsp3) is 0.316. The molecule has 1 N–H and O–H groups in total. The number of aromatic nitrogens is 3. The number of benzene rings is 1. The van der Waals surface area contributed by atoms with E-state index in [0.29, 0.717) is 6.04 Å². The van der Waals surface area contributed by atoms with Gasteiger partial charge in [0.2, 0.25) is 5.91 Å². The average Bonchev–Trinajstić information content (AvgIpc) is 3.16. The first-order valence-electron chi connectivity index (χ1n) is 8.75. The second-order valence-corrected chi connectivity index (χ2v) is 9.73. The lowest BCUT2D eigenvalue weighted by molar-refractivity contribution is -0.115. The molecule has 1 amide bonds. The van der Waals surface area contributed by atoms with E-state index in [-0.39, 0.29) is 11.2 Å². The zero-order valence-electron chi connectivity index (χ0n) is 15.0. The number of amides is 1. The summed E-state index contributed by atoms with van der Waals surface area (Å²) in [6, 6.07) is 10.4. The van der Waals surface area contributed by atoms with Gasteiger partial charge in [0.25, 0.3) is 0 Å². The molecule has 0 saturated heterocycles. The predicted octanol–water partition coefficient (Wildman–Crippen LogP) is 5.53. The Morgan fingerprint density at radius 1 is 1.37 bits per heavy atom. The highest BCUT2D eigenvalue weighted by Gasteiger charge is 2.31. The predicted molar refractivity (Wildman–Crippen MR) is 114 cm³/mol. The standard InChI is InChI=1S/C19H19BrN4OS2/c1-11-5-8-15(14(20)10-11)21-18(25)12(2)27-19-23-22-17(16-4-3-9-26-16)24(19)13-6-7-13/h3-5,8-10,12-13H,6-7H2,1-2H3,(H,21,25). The van der Waals surface area contributed by atoms with Gasteiger partial charge in [-0.15, -0.1) is 21.5 Å². The van der Waals surface area contributed by atoms with Gasteiger partial charge in [0, 0.05) is 10.5 Å². The Kier molecular flexibility index (Phi) is 5.39. The van der Waals surface area contributed by atoms with Crippen molar-refractivity contribution in [2.45, 2.75) is 43.1 Å². The second-order valence-electron chi connectivity index (χ2n) is 6.62. The Balaban J connectivity index is 1.51. The molecular formula is C19H19BrN4OS2. The molecule has 1 fully saturated rings. The Morgan fingerprint density at radius 3 is 2.85 bits per heavy atom. The number of hydrogen-bond acceptors (Lipinski definition) is 5. The van der Waals surface area contributed by atoms with Crippen LogP contribution in [0.15, 0.2) is 45.3 Å². The van der Waals surface area contributed by atoms with Crippen LogP contribution in [-0.2, 0) is 4.79 Å². The summed E-state index contributed by atoms with van der Waals surface area (Å²) in [7, 11) is 0. The van der Waals surface area contributed by atoms with E-state index >= 15 is 0 Å². The number of nitrogens with zero attached hydrogens (tertiary/aromatic N) is 3. The van der Waals surface area contributed by atoms with Gasteiger partial charge in [-0.25, -0.2) is 0 Å². The van der Waals surface area contributed by atoms with Crippen molar-refractivity contribution in [3.63, 3.8) is 0 Å². The van der Waals surface area contributed by atoms with Crippen LogP contribution in [0, 0.1) is 6.92 Å². The van der Waals surface area contributed by atoms with Crippen LogP contribution >= 0.6 is 39.0 Å². The number of halogens is 1. The number of carbonyl (C=O) groups is 1. The zero-order chi connectivity index (χ0) is 19.0. The molecule has 3 aromatic rings. The minimum absolute atomic E-state index is 0.0485. The SMILES string of the molecule is Cc1ccc(NC(=O)C(C)Sc2nnc(-c3cccs3)n2C2CC2)c(Br)c1. The Bertz CT molecular complexity index is 966. The first-order chi connectivity index (χ1) is 13.0. The molecule has 1 aliphatic rings. The topological polar surface area (TPSA) is 59.8 Å². The Labute approximate surface area is 174 Å². The van der Waals surface area contributed by atoms with Crippen molar-refractivity contribution in [3.05, 3.63) is 45.7 Å². The number of anilines is 1. The van der Waals surface area contributed by atoms with Crippen molar-refractivity contribution >= 4 is 50.6 Å². The van der Waals surface area contributed by atoms with Gasteiger partial charge in [0.1, 0.15) is 0 Å². The quantitative estimate of drug-likeness (QED) is 0.489. The highest BCUT2D eigenvalue weighted by Crippen LogP contribution is 2.42. The summed E-state index contributed by atoms with van der Waals surface area (Å²) in [4.78, 5) is 13.8. The Hall–Kier alpha value is -1.64. The van der Waals surface area contributed by atoms with E-state index in [0.717, 1.165) is 44.4 Å². The van der Waals surface area contributed by atoms with Crippen molar-refractivity contribution in [1.82, 2.24) is 14.8 Å². The monoisotopic (exact) mass is 462 g/mol. The first-order valence-corrected chi connectivity index (χ1v) is 11.3. The number of rotatable bonds is 6. The molecule has 2 heterocycles. The van der Waals surface area contributed by atoms with Crippen molar-refractivity contribution in [1.29, 1.82) is 0 Å². The van der Waals surface area contributed by atoms with Gasteiger partial charge in [0.05, 0.1) is 15.8 Å². The molecule has 0 bridgehead atoms. The third-order valence-corrected chi connectivity index (χ3v) is 6.93. The molecule has 1 saturated carbocycles. The molecule has 27 heavy (non-hydrogen) atoms. The molecule has 4 rings (SSSR count). The van der Waals surface area contributed by atoms with Crippen LogP contribution in [0.25, 0.3) is 10.7 Å². The maximum atomic E-state index is 12.7. The fourth-order valence-electron chi connectivity index (χ4n) is 2.76. The maximum absolute atomic E-state index is 12.7. The average molecular weight is 463 g/mol. The lowest BCUT2D eigenvalue weighted by Gasteiger charge is -2.14. The highest BCUT2D eigenvalue weighted by atomic mass is 79.9. The van der Waals surface area contributed by atoms with E-state index in [1.165, 1.54) is 11.8 Å². The summed E-state index contributed by atoms with van der Waals surface area (Å²) in [5.41, 5.74) is 1.92. The first kappa shape index (κ1) is 18.7. The van der Waals surface area contributed by atoms with Crippen LogP contribution in [0.4, 0.5) is 5.69 Å². The molecule has 1 atom stereocenters. The zero-order valence-corrected chi connectivity index (χ0v) is 18.2. The molecule has 0 radical (unpaired) electrons. The van der Waals surface area contributed by atoms with Gasteiger partial charge in [-0.05, 0) is 71.8 Å². The van der Waals surface area contributed by atoms with Crippen molar-refractivity contribution < 1.29 is 4.79 Å². The summed E-state index contributed by atoms with van der Waals surface area (Å²) in [6.45, 7) is 3.92. The summed E-state index contributed by atoms with van der Waals surface area (Å²) in [5.74, 6) is 0.858. The lowest BCUT2D eigenvalue weighted by Crippen LogP contribution is -2.23.